The third kappa shape index (κ3) is 12.5. The first kappa shape index (κ1) is 25.1. The standard InChI is InChI=1S/C20H35N3O2.HI/c1-5-21-20(22-11-10-17(3)4)23-15-18-8-7-9-19(14-18)16-25-13-12-24-6-2;/h7-9,14,17H,5-6,10-13,15-16H2,1-4H3,(H2,21,22,23);1H. The minimum absolute atomic E-state index is 0. The van der Waals surface area contributed by atoms with Crippen LogP contribution in [0.1, 0.15) is 45.2 Å². The van der Waals surface area contributed by atoms with E-state index in [4.69, 9.17) is 9.47 Å². The van der Waals surface area contributed by atoms with Crippen molar-refractivity contribution in [3.63, 3.8) is 0 Å². The molecule has 150 valence electrons. The molecule has 1 rings (SSSR count). The van der Waals surface area contributed by atoms with E-state index in [0.717, 1.165) is 32.1 Å². The second-order valence-corrected chi connectivity index (χ2v) is 6.37. The molecular weight excluding hydrogens is 441 g/mol. The predicted octanol–water partition coefficient (Wildman–Crippen LogP) is 3.96. The van der Waals surface area contributed by atoms with Crippen LogP contribution in [-0.4, -0.2) is 38.9 Å². The maximum Gasteiger partial charge on any atom is 0.191 e. The number of halogens is 1. The number of nitrogens with zero attached hydrogens (tertiary/aromatic N) is 1. The number of benzene rings is 1. The molecule has 0 atom stereocenters. The number of hydrogen-bond acceptors (Lipinski definition) is 3. The molecule has 0 aliphatic heterocycles. The summed E-state index contributed by atoms with van der Waals surface area (Å²) in [6.45, 7) is 13.6. The topological polar surface area (TPSA) is 54.9 Å². The van der Waals surface area contributed by atoms with E-state index in [-0.39, 0.29) is 24.0 Å². The molecule has 5 nitrogen and oxygen atoms in total. The van der Waals surface area contributed by atoms with Crippen LogP contribution in [0.2, 0.25) is 0 Å². The van der Waals surface area contributed by atoms with Crippen molar-refractivity contribution in [3.05, 3.63) is 35.4 Å². The fraction of sp³-hybridized carbons (Fsp3) is 0.650. The SMILES string of the molecule is CCNC(=NCc1cccc(COCCOCC)c1)NCCC(C)C.I. The minimum Gasteiger partial charge on any atom is -0.379 e. The van der Waals surface area contributed by atoms with Gasteiger partial charge in [0.25, 0.3) is 0 Å². The van der Waals surface area contributed by atoms with E-state index in [1.54, 1.807) is 0 Å². The van der Waals surface area contributed by atoms with Gasteiger partial charge in [0, 0.05) is 19.7 Å². The second-order valence-electron chi connectivity index (χ2n) is 6.37. The molecule has 0 unspecified atom stereocenters. The van der Waals surface area contributed by atoms with Crippen molar-refractivity contribution in [1.82, 2.24) is 10.6 Å². The summed E-state index contributed by atoms with van der Waals surface area (Å²) in [6, 6.07) is 8.40. The molecule has 0 aliphatic rings. The zero-order valence-electron chi connectivity index (χ0n) is 16.7. The normalized spacial score (nSPS) is 11.3. The smallest absolute Gasteiger partial charge is 0.191 e. The highest BCUT2D eigenvalue weighted by molar-refractivity contribution is 14.0. The summed E-state index contributed by atoms with van der Waals surface area (Å²) >= 11 is 0. The monoisotopic (exact) mass is 477 g/mol. The third-order valence-electron chi connectivity index (χ3n) is 3.61. The third-order valence-corrected chi connectivity index (χ3v) is 3.61. The summed E-state index contributed by atoms with van der Waals surface area (Å²) in [5.41, 5.74) is 2.36. The van der Waals surface area contributed by atoms with Crippen LogP contribution in [-0.2, 0) is 22.6 Å². The molecule has 0 aliphatic carbocycles. The van der Waals surface area contributed by atoms with E-state index in [9.17, 15) is 0 Å². The van der Waals surface area contributed by atoms with E-state index in [1.807, 2.05) is 6.92 Å². The summed E-state index contributed by atoms with van der Waals surface area (Å²) in [5.74, 6) is 1.57. The number of aliphatic imine (C=N–C) groups is 1. The molecule has 26 heavy (non-hydrogen) atoms. The molecule has 0 heterocycles. The van der Waals surface area contributed by atoms with Crippen LogP contribution < -0.4 is 10.6 Å². The molecule has 1 aromatic rings. The van der Waals surface area contributed by atoms with Crippen molar-refractivity contribution in [2.24, 2.45) is 10.9 Å². The van der Waals surface area contributed by atoms with Gasteiger partial charge in [-0.25, -0.2) is 4.99 Å². The molecule has 0 radical (unpaired) electrons. The van der Waals surface area contributed by atoms with Crippen molar-refractivity contribution in [2.45, 2.75) is 47.3 Å². The number of nitrogens with one attached hydrogen (secondary N) is 2. The first-order chi connectivity index (χ1) is 12.2. The Kier molecular flexibility index (Phi) is 15.8. The Hall–Kier alpha value is -0.860. The lowest BCUT2D eigenvalue weighted by Gasteiger charge is -2.12. The van der Waals surface area contributed by atoms with Crippen molar-refractivity contribution in [3.8, 4) is 0 Å². The Balaban J connectivity index is 0.00000625. The van der Waals surface area contributed by atoms with E-state index < -0.39 is 0 Å². The van der Waals surface area contributed by atoms with Crippen LogP contribution in [0.3, 0.4) is 0 Å². The molecule has 0 saturated carbocycles. The van der Waals surface area contributed by atoms with Gasteiger partial charge in [-0.15, -0.1) is 24.0 Å². The van der Waals surface area contributed by atoms with E-state index >= 15 is 0 Å². The fourth-order valence-corrected chi connectivity index (χ4v) is 2.26. The Labute approximate surface area is 176 Å². The van der Waals surface area contributed by atoms with Gasteiger partial charge in [0.15, 0.2) is 5.96 Å². The molecule has 0 bridgehead atoms. The average molecular weight is 477 g/mol. The van der Waals surface area contributed by atoms with Crippen LogP contribution >= 0.6 is 24.0 Å². The fourth-order valence-electron chi connectivity index (χ4n) is 2.26. The molecule has 6 heteroatoms. The lowest BCUT2D eigenvalue weighted by molar-refractivity contribution is 0.0453. The maximum absolute atomic E-state index is 5.63. The molecule has 0 saturated heterocycles. The predicted molar refractivity (Wildman–Crippen MR) is 120 cm³/mol. The van der Waals surface area contributed by atoms with Crippen LogP contribution in [0, 0.1) is 5.92 Å². The summed E-state index contributed by atoms with van der Waals surface area (Å²) in [4.78, 5) is 4.68. The molecule has 0 fully saturated rings. The van der Waals surface area contributed by atoms with Gasteiger partial charge in [-0.05, 0) is 37.3 Å². The van der Waals surface area contributed by atoms with E-state index in [1.165, 1.54) is 11.1 Å². The summed E-state index contributed by atoms with van der Waals surface area (Å²) in [7, 11) is 0. The quantitative estimate of drug-likeness (QED) is 0.207. The van der Waals surface area contributed by atoms with Gasteiger partial charge >= 0.3 is 0 Å². The zero-order chi connectivity index (χ0) is 18.3. The van der Waals surface area contributed by atoms with Crippen LogP contribution in [0.5, 0.6) is 0 Å². The largest absolute Gasteiger partial charge is 0.379 e. The van der Waals surface area contributed by atoms with E-state index in [2.05, 4.69) is 60.7 Å². The first-order valence-corrected chi connectivity index (χ1v) is 9.41. The molecular formula is C20H36IN3O2. The maximum atomic E-state index is 5.63. The number of hydrogen-bond donors (Lipinski definition) is 2. The van der Waals surface area contributed by atoms with Gasteiger partial charge in [-0.2, -0.15) is 0 Å². The molecule has 2 N–H and O–H groups in total. The highest BCUT2D eigenvalue weighted by Crippen LogP contribution is 2.08. The Bertz CT molecular complexity index is 496. The highest BCUT2D eigenvalue weighted by atomic mass is 127. The van der Waals surface area contributed by atoms with Gasteiger partial charge in [0.2, 0.25) is 0 Å². The second kappa shape index (κ2) is 16.3. The number of ether oxygens (including phenoxy) is 2. The molecule has 0 spiro atoms. The van der Waals surface area contributed by atoms with Gasteiger partial charge in [0.1, 0.15) is 0 Å². The Morgan fingerprint density at radius 3 is 2.50 bits per heavy atom. The highest BCUT2D eigenvalue weighted by Gasteiger charge is 2.00. The van der Waals surface area contributed by atoms with Gasteiger partial charge in [-0.1, -0.05) is 38.1 Å². The number of rotatable bonds is 12. The zero-order valence-corrected chi connectivity index (χ0v) is 19.0. The van der Waals surface area contributed by atoms with Crippen molar-refractivity contribution >= 4 is 29.9 Å². The number of guanidine groups is 1. The van der Waals surface area contributed by atoms with Crippen LogP contribution in [0.4, 0.5) is 0 Å². The minimum atomic E-state index is 0. The van der Waals surface area contributed by atoms with Crippen LogP contribution in [0.25, 0.3) is 0 Å². The molecule has 0 aromatic heterocycles. The summed E-state index contributed by atoms with van der Waals surface area (Å²) < 4.78 is 10.9. The van der Waals surface area contributed by atoms with E-state index in [0.29, 0.717) is 32.3 Å². The van der Waals surface area contributed by atoms with Crippen LogP contribution in [0.15, 0.2) is 29.3 Å². The molecule has 0 amide bonds. The summed E-state index contributed by atoms with van der Waals surface area (Å²) in [6.07, 6.45) is 1.14. The van der Waals surface area contributed by atoms with Gasteiger partial charge in [-0.3, -0.25) is 0 Å². The van der Waals surface area contributed by atoms with Gasteiger partial charge in [0.05, 0.1) is 26.4 Å². The Morgan fingerprint density at radius 1 is 1.08 bits per heavy atom. The van der Waals surface area contributed by atoms with Crippen molar-refractivity contribution in [1.29, 1.82) is 0 Å². The van der Waals surface area contributed by atoms with Gasteiger partial charge < -0.3 is 20.1 Å². The lowest BCUT2D eigenvalue weighted by Crippen LogP contribution is -2.38. The Morgan fingerprint density at radius 2 is 1.81 bits per heavy atom. The van der Waals surface area contributed by atoms with Crippen molar-refractivity contribution in [2.75, 3.05) is 32.9 Å². The lowest BCUT2D eigenvalue weighted by atomic mass is 10.1. The van der Waals surface area contributed by atoms with Crippen molar-refractivity contribution < 1.29 is 9.47 Å². The summed E-state index contributed by atoms with van der Waals surface area (Å²) in [5, 5.41) is 6.69. The average Bonchev–Trinajstić information content (AvgIpc) is 2.59. The molecule has 1 aromatic carbocycles. The first-order valence-electron chi connectivity index (χ1n) is 9.41.